The number of nitro benzene ring substituents is 1. The minimum atomic E-state index is -1.27. The van der Waals surface area contributed by atoms with Crippen LogP contribution in [0.3, 0.4) is 0 Å². The molecule has 1 unspecified atom stereocenters. The molecule has 2 rings (SSSR count). The minimum Gasteiger partial charge on any atom is -0.384 e. The van der Waals surface area contributed by atoms with E-state index in [-0.39, 0.29) is 17.8 Å². The third-order valence-electron chi connectivity index (χ3n) is 3.65. The number of nitrogens with one attached hydrogen (secondary N) is 1. The summed E-state index contributed by atoms with van der Waals surface area (Å²) in [5, 5.41) is 24.2. The van der Waals surface area contributed by atoms with Crippen LogP contribution in [0.4, 0.5) is 5.69 Å². The summed E-state index contributed by atoms with van der Waals surface area (Å²) < 4.78 is 0. The molecule has 0 aliphatic carbocycles. The summed E-state index contributed by atoms with van der Waals surface area (Å²) in [6, 6.07) is 13.5. The molecule has 1 amide bonds. The van der Waals surface area contributed by atoms with Gasteiger partial charge >= 0.3 is 0 Å². The zero-order valence-electron chi connectivity index (χ0n) is 12.9. The number of hydrogen-bond donors (Lipinski definition) is 2. The van der Waals surface area contributed by atoms with E-state index in [1.807, 2.05) is 6.07 Å². The number of para-hydroxylation sites is 1. The highest BCUT2D eigenvalue weighted by atomic mass is 16.6. The highest BCUT2D eigenvalue weighted by Crippen LogP contribution is 2.24. The normalized spacial score (nSPS) is 13.2. The van der Waals surface area contributed by atoms with Gasteiger partial charge in [0.1, 0.15) is 11.2 Å². The predicted molar refractivity (Wildman–Crippen MR) is 86.2 cm³/mol. The third-order valence-corrected chi connectivity index (χ3v) is 3.65. The van der Waals surface area contributed by atoms with E-state index in [1.165, 1.54) is 6.07 Å². The van der Waals surface area contributed by atoms with Gasteiger partial charge in [-0.2, -0.15) is 0 Å². The van der Waals surface area contributed by atoms with Crippen LogP contribution < -0.4 is 5.32 Å². The first-order valence-corrected chi connectivity index (χ1v) is 7.13. The van der Waals surface area contributed by atoms with Crippen LogP contribution >= 0.6 is 0 Å². The number of nitrogens with zero attached hydrogens (tertiary/aromatic N) is 1. The summed E-state index contributed by atoms with van der Waals surface area (Å²) in [5.41, 5.74) is -0.435. The molecule has 0 radical (unpaired) electrons. The Morgan fingerprint density at radius 1 is 1.22 bits per heavy atom. The first-order valence-electron chi connectivity index (χ1n) is 7.13. The van der Waals surface area contributed by atoms with Gasteiger partial charge < -0.3 is 10.4 Å². The highest BCUT2D eigenvalue weighted by Gasteiger charge is 2.26. The van der Waals surface area contributed by atoms with Gasteiger partial charge in [0.2, 0.25) is 0 Å². The smallest absolute Gasteiger partial charge is 0.285 e. The first-order chi connectivity index (χ1) is 10.8. The van der Waals surface area contributed by atoms with E-state index in [9.17, 15) is 20.0 Å². The molecule has 1 atom stereocenters. The Bertz CT molecular complexity index is 727. The summed E-state index contributed by atoms with van der Waals surface area (Å²) >= 11 is 0. The molecule has 0 fully saturated rings. The highest BCUT2D eigenvalue weighted by molar-refractivity contribution is 5.98. The van der Waals surface area contributed by atoms with E-state index >= 15 is 0 Å². The fourth-order valence-electron chi connectivity index (χ4n) is 2.33. The van der Waals surface area contributed by atoms with Crippen molar-refractivity contribution in [1.29, 1.82) is 0 Å². The number of benzene rings is 2. The Morgan fingerprint density at radius 2 is 1.87 bits per heavy atom. The molecule has 6 heteroatoms. The third kappa shape index (κ3) is 3.73. The van der Waals surface area contributed by atoms with Crippen LogP contribution in [0.5, 0.6) is 0 Å². The van der Waals surface area contributed by atoms with Crippen LogP contribution in [-0.4, -0.2) is 22.5 Å². The van der Waals surface area contributed by atoms with E-state index < -0.39 is 16.4 Å². The fraction of sp³-hybridized carbons (Fsp3) is 0.235. The molecule has 0 aromatic heterocycles. The van der Waals surface area contributed by atoms with Gasteiger partial charge in [-0.15, -0.1) is 0 Å². The van der Waals surface area contributed by atoms with Gasteiger partial charge in [0, 0.05) is 5.56 Å². The zero-order chi connectivity index (χ0) is 17.0. The molecule has 0 saturated heterocycles. The molecule has 0 saturated carbocycles. The summed E-state index contributed by atoms with van der Waals surface area (Å²) in [6.07, 6.45) is 0. The molecule has 0 bridgehead atoms. The Balaban J connectivity index is 2.18. The average Bonchev–Trinajstić information content (AvgIpc) is 2.53. The average molecular weight is 314 g/mol. The van der Waals surface area contributed by atoms with Crippen LogP contribution in [0, 0.1) is 17.0 Å². The van der Waals surface area contributed by atoms with Crippen LogP contribution in [-0.2, 0) is 5.60 Å². The molecule has 120 valence electrons. The Kier molecular flexibility index (Phi) is 4.76. The summed E-state index contributed by atoms with van der Waals surface area (Å²) in [5.74, 6) is -0.586. The molecule has 23 heavy (non-hydrogen) atoms. The van der Waals surface area contributed by atoms with Crippen molar-refractivity contribution < 1.29 is 14.8 Å². The van der Waals surface area contributed by atoms with E-state index in [0.29, 0.717) is 11.1 Å². The van der Waals surface area contributed by atoms with Crippen molar-refractivity contribution in [3.05, 3.63) is 75.3 Å². The Morgan fingerprint density at radius 3 is 2.48 bits per heavy atom. The van der Waals surface area contributed by atoms with Gasteiger partial charge in [-0.05, 0) is 25.5 Å². The van der Waals surface area contributed by atoms with Crippen molar-refractivity contribution in [2.45, 2.75) is 19.4 Å². The molecular weight excluding hydrogens is 296 g/mol. The SMILES string of the molecule is Cc1cccc(C(=O)NCC(C)(O)c2ccccc2)c1[N+](=O)[O-]. The van der Waals surface area contributed by atoms with E-state index in [1.54, 1.807) is 50.2 Å². The Labute approximate surface area is 133 Å². The molecule has 6 nitrogen and oxygen atoms in total. The maximum Gasteiger partial charge on any atom is 0.285 e. The van der Waals surface area contributed by atoms with Crippen molar-refractivity contribution in [3.8, 4) is 0 Å². The van der Waals surface area contributed by atoms with E-state index in [0.717, 1.165) is 0 Å². The molecule has 0 heterocycles. The molecule has 2 aromatic carbocycles. The van der Waals surface area contributed by atoms with Gasteiger partial charge in [0.05, 0.1) is 11.5 Å². The molecule has 0 spiro atoms. The summed E-state index contributed by atoms with van der Waals surface area (Å²) in [7, 11) is 0. The van der Waals surface area contributed by atoms with Crippen LogP contribution in [0.25, 0.3) is 0 Å². The van der Waals surface area contributed by atoms with E-state index in [2.05, 4.69) is 5.32 Å². The van der Waals surface area contributed by atoms with Gasteiger partial charge in [-0.3, -0.25) is 14.9 Å². The standard InChI is InChI=1S/C17H18N2O4/c1-12-7-6-10-14(15(12)19(22)23)16(20)18-11-17(2,21)13-8-4-3-5-9-13/h3-10,21H,11H2,1-2H3,(H,18,20). The van der Waals surface area contributed by atoms with Crippen molar-refractivity contribution >= 4 is 11.6 Å². The lowest BCUT2D eigenvalue weighted by Crippen LogP contribution is -2.38. The number of aryl methyl sites for hydroxylation is 1. The van der Waals surface area contributed by atoms with Crippen LogP contribution in [0.15, 0.2) is 48.5 Å². The zero-order valence-corrected chi connectivity index (χ0v) is 12.9. The maximum absolute atomic E-state index is 12.3. The van der Waals surface area contributed by atoms with Crippen molar-refractivity contribution in [3.63, 3.8) is 0 Å². The monoisotopic (exact) mass is 314 g/mol. The summed E-state index contributed by atoms with van der Waals surface area (Å²) in [6.45, 7) is 3.10. The van der Waals surface area contributed by atoms with Gasteiger partial charge in [-0.25, -0.2) is 0 Å². The van der Waals surface area contributed by atoms with Crippen LogP contribution in [0.2, 0.25) is 0 Å². The second-order valence-corrected chi connectivity index (χ2v) is 5.55. The Hall–Kier alpha value is -2.73. The second-order valence-electron chi connectivity index (χ2n) is 5.55. The van der Waals surface area contributed by atoms with Gasteiger partial charge in [0.15, 0.2) is 0 Å². The predicted octanol–water partition coefficient (Wildman–Crippen LogP) is 2.54. The number of nitro groups is 1. The first kappa shape index (κ1) is 16.6. The quantitative estimate of drug-likeness (QED) is 0.655. The van der Waals surface area contributed by atoms with Crippen LogP contribution in [0.1, 0.15) is 28.4 Å². The van der Waals surface area contributed by atoms with Crippen molar-refractivity contribution in [2.24, 2.45) is 0 Å². The number of carbonyl (C=O) groups excluding carboxylic acids is 1. The second kappa shape index (κ2) is 6.58. The minimum absolute atomic E-state index is 0.0149. The molecular formula is C17H18N2O4. The number of rotatable bonds is 5. The molecule has 0 aliphatic heterocycles. The van der Waals surface area contributed by atoms with Crippen molar-refractivity contribution in [2.75, 3.05) is 6.54 Å². The molecule has 2 N–H and O–H groups in total. The number of hydrogen-bond acceptors (Lipinski definition) is 4. The number of aliphatic hydroxyl groups is 1. The van der Waals surface area contributed by atoms with Gasteiger partial charge in [0.25, 0.3) is 11.6 Å². The van der Waals surface area contributed by atoms with E-state index in [4.69, 9.17) is 0 Å². The lowest BCUT2D eigenvalue weighted by Gasteiger charge is -2.24. The number of amides is 1. The fourth-order valence-corrected chi connectivity index (χ4v) is 2.33. The lowest BCUT2D eigenvalue weighted by atomic mass is 9.96. The maximum atomic E-state index is 12.3. The topological polar surface area (TPSA) is 92.5 Å². The molecule has 2 aromatic rings. The number of carbonyl (C=O) groups is 1. The largest absolute Gasteiger partial charge is 0.384 e. The molecule has 0 aliphatic rings. The lowest BCUT2D eigenvalue weighted by molar-refractivity contribution is -0.385. The van der Waals surface area contributed by atoms with Crippen molar-refractivity contribution in [1.82, 2.24) is 5.32 Å². The summed E-state index contributed by atoms with van der Waals surface area (Å²) in [4.78, 5) is 22.8. The van der Waals surface area contributed by atoms with Gasteiger partial charge in [-0.1, -0.05) is 42.5 Å².